The number of hydrogen-bond donors (Lipinski definition) is 3. The van der Waals surface area contributed by atoms with Crippen LogP contribution in [0, 0.1) is 5.92 Å². The second kappa shape index (κ2) is 7.82. The molecule has 0 aromatic carbocycles. The molecule has 1 aliphatic rings. The summed E-state index contributed by atoms with van der Waals surface area (Å²) >= 11 is 0. The molecule has 0 radical (unpaired) electrons. The van der Waals surface area contributed by atoms with Gasteiger partial charge in [-0.05, 0) is 38.4 Å². The van der Waals surface area contributed by atoms with Crippen molar-refractivity contribution in [2.24, 2.45) is 11.7 Å². The van der Waals surface area contributed by atoms with E-state index in [2.05, 4.69) is 36.3 Å². The fourth-order valence-corrected chi connectivity index (χ4v) is 3.05. The molecule has 5 nitrogen and oxygen atoms in total. The summed E-state index contributed by atoms with van der Waals surface area (Å²) < 4.78 is 0. The molecule has 1 fully saturated rings. The maximum atomic E-state index is 12.0. The van der Waals surface area contributed by atoms with E-state index < -0.39 is 5.54 Å². The van der Waals surface area contributed by atoms with Crippen LogP contribution in [0.15, 0.2) is 0 Å². The Hall–Kier alpha value is -0.650. The Labute approximate surface area is 117 Å². The molecule has 112 valence electrons. The first kappa shape index (κ1) is 16.4. The lowest BCUT2D eigenvalue weighted by atomic mass is 9.76. The quantitative estimate of drug-likeness (QED) is 0.588. The normalized spacial score (nSPS) is 27.7. The number of nitrogens with zero attached hydrogens (tertiary/aromatic N) is 1. The molecular weight excluding hydrogens is 240 g/mol. The van der Waals surface area contributed by atoms with E-state index >= 15 is 0 Å². The SMILES string of the molecule is CCC1CNCCC1(NCCN(CC)CC)C(N)=O. The maximum absolute atomic E-state index is 12.0. The molecule has 0 aromatic rings. The van der Waals surface area contributed by atoms with Gasteiger partial charge in [-0.1, -0.05) is 20.8 Å². The summed E-state index contributed by atoms with van der Waals surface area (Å²) in [5.74, 6) is 0.0934. The van der Waals surface area contributed by atoms with Gasteiger partial charge in [0, 0.05) is 19.6 Å². The summed E-state index contributed by atoms with van der Waals surface area (Å²) in [6.07, 6.45) is 1.76. The number of nitrogens with one attached hydrogen (secondary N) is 2. The fraction of sp³-hybridized carbons (Fsp3) is 0.929. The molecule has 19 heavy (non-hydrogen) atoms. The number of rotatable bonds is 8. The van der Waals surface area contributed by atoms with Gasteiger partial charge < -0.3 is 21.3 Å². The van der Waals surface area contributed by atoms with E-state index in [0.29, 0.717) is 0 Å². The Morgan fingerprint density at radius 1 is 1.42 bits per heavy atom. The third-order valence-corrected chi connectivity index (χ3v) is 4.48. The van der Waals surface area contributed by atoms with Gasteiger partial charge >= 0.3 is 0 Å². The predicted octanol–water partition coefficient (Wildman–Crippen LogP) is 0.161. The average Bonchev–Trinajstić information content (AvgIpc) is 2.43. The number of likely N-dealkylation sites (N-methyl/N-ethyl adjacent to an activating group) is 1. The van der Waals surface area contributed by atoms with Crippen molar-refractivity contribution >= 4 is 5.91 Å². The van der Waals surface area contributed by atoms with Gasteiger partial charge in [-0.15, -0.1) is 0 Å². The van der Waals surface area contributed by atoms with Crippen LogP contribution in [0.2, 0.25) is 0 Å². The van der Waals surface area contributed by atoms with E-state index in [1.54, 1.807) is 0 Å². The van der Waals surface area contributed by atoms with E-state index in [-0.39, 0.29) is 11.8 Å². The van der Waals surface area contributed by atoms with Gasteiger partial charge in [0.25, 0.3) is 0 Å². The van der Waals surface area contributed by atoms with Gasteiger partial charge in [-0.25, -0.2) is 0 Å². The molecule has 0 bridgehead atoms. The minimum absolute atomic E-state index is 0.194. The molecule has 1 rings (SSSR count). The van der Waals surface area contributed by atoms with Crippen molar-refractivity contribution < 1.29 is 4.79 Å². The standard InChI is InChI=1S/C14H30N4O/c1-4-12-11-16-8-7-14(12,13(15)19)17-9-10-18(5-2)6-3/h12,16-17H,4-11H2,1-3H3,(H2,15,19). The predicted molar refractivity (Wildman–Crippen MR) is 79.0 cm³/mol. The highest BCUT2D eigenvalue weighted by Gasteiger charge is 2.44. The molecule has 2 atom stereocenters. The first-order valence-corrected chi connectivity index (χ1v) is 7.58. The van der Waals surface area contributed by atoms with Crippen molar-refractivity contribution in [3.63, 3.8) is 0 Å². The van der Waals surface area contributed by atoms with Crippen molar-refractivity contribution in [3.8, 4) is 0 Å². The molecule has 0 aliphatic carbocycles. The van der Waals surface area contributed by atoms with E-state index in [4.69, 9.17) is 5.73 Å². The Morgan fingerprint density at radius 2 is 2.11 bits per heavy atom. The monoisotopic (exact) mass is 270 g/mol. The highest BCUT2D eigenvalue weighted by Crippen LogP contribution is 2.26. The lowest BCUT2D eigenvalue weighted by Crippen LogP contribution is -2.66. The van der Waals surface area contributed by atoms with Crippen molar-refractivity contribution in [1.29, 1.82) is 0 Å². The van der Waals surface area contributed by atoms with Gasteiger partial charge in [-0.2, -0.15) is 0 Å². The van der Waals surface area contributed by atoms with Gasteiger partial charge in [0.1, 0.15) is 5.54 Å². The zero-order valence-corrected chi connectivity index (χ0v) is 12.7. The minimum atomic E-state index is -0.521. The first-order valence-electron chi connectivity index (χ1n) is 7.58. The second-order valence-electron chi connectivity index (χ2n) is 5.35. The smallest absolute Gasteiger partial charge is 0.238 e. The maximum Gasteiger partial charge on any atom is 0.238 e. The summed E-state index contributed by atoms with van der Waals surface area (Å²) in [7, 11) is 0. The molecule has 2 unspecified atom stereocenters. The molecule has 5 heteroatoms. The Balaban J connectivity index is 2.63. The van der Waals surface area contributed by atoms with Gasteiger partial charge in [0.05, 0.1) is 0 Å². The Morgan fingerprint density at radius 3 is 2.63 bits per heavy atom. The van der Waals surface area contributed by atoms with Crippen LogP contribution in [0.1, 0.15) is 33.6 Å². The van der Waals surface area contributed by atoms with Crippen molar-refractivity contribution in [2.45, 2.75) is 39.2 Å². The summed E-state index contributed by atoms with van der Waals surface area (Å²) in [6, 6.07) is 0. The molecule has 1 heterocycles. The lowest BCUT2D eigenvalue weighted by Gasteiger charge is -2.43. The third kappa shape index (κ3) is 3.91. The molecule has 1 amide bonds. The van der Waals surface area contributed by atoms with Crippen LogP contribution in [0.5, 0.6) is 0 Å². The van der Waals surface area contributed by atoms with Crippen LogP contribution < -0.4 is 16.4 Å². The molecule has 4 N–H and O–H groups in total. The van der Waals surface area contributed by atoms with Crippen LogP contribution >= 0.6 is 0 Å². The molecule has 0 spiro atoms. The Bertz CT molecular complexity index is 281. The largest absolute Gasteiger partial charge is 0.368 e. The molecule has 0 saturated carbocycles. The topological polar surface area (TPSA) is 70.4 Å². The van der Waals surface area contributed by atoms with Crippen LogP contribution in [-0.2, 0) is 4.79 Å². The highest BCUT2D eigenvalue weighted by molar-refractivity contribution is 5.85. The first-order chi connectivity index (χ1) is 9.10. The van der Waals surface area contributed by atoms with Gasteiger partial charge in [0.2, 0.25) is 5.91 Å². The zero-order valence-electron chi connectivity index (χ0n) is 12.7. The summed E-state index contributed by atoms with van der Waals surface area (Å²) in [5.41, 5.74) is 5.19. The summed E-state index contributed by atoms with van der Waals surface area (Å²) in [5, 5.41) is 6.84. The van der Waals surface area contributed by atoms with Gasteiger partial charge in [-0.3, -0.25) is 4.79 Å². The lowest BCUT2D eigenvalue weighted by molar-refractivity contribution is -0.128. The van der Waals surface area contributed by atoms with Crippen LogP contribution in [0.25, 0.3) is 0 Å². The number of nitrogens with two attached hydrogens (primary N) is 1. The third-order valence-electron chi connectivity index (χ3n) is 4.48. The second-order valence-corrected chi connectivity index (χ2v) is 5.35. The molecular formula is C14H30N4O. The average molecular weight is 270 g/mol. The summed E-state index contributed by atoms with van der Waals surface area (Å²) in [4.78, 5) is 14.3. The van der Waals surface area contributed by atoms with E-state index in [1.165, 1.54) is 0 Å². The zero-order chi connectivity index (χ0) is 14.3. The minimum Gasteiger partial charge on any atom is -0.368 e. The number of primary amides is 1. The molecule has 1 aliphatic heterocycles. The number of amides is 1. The number of carbonyl (C=O) groups is 1. The number of carbonyl (C=O) groups excluding carboxylic acids is 1. The number of hydrogen-bond acceptors (Lipinski definition) is 4. The van der Waals surface area contributed by atoms with Crippen LogP contribution in [0.3, 0.4) is 0 Å². The van der Waals surface area contributed by atoms with E-state index in [0.717, 1.165) is 52.1 Å². The van der Waals surface area contributed by atoms with Crippen molar-refractivity contribution in [2.75, 3.05) is 39.3 Å². The van der Waals surface area contributed by atoms with Crippen LogP contribution in [0.4, 0.5) is 0 Å². The van der Waals surface area contributed by atoms with Crippen molar-refractivity contribution in [3.05, 3.63) is 0 Å². The summed E-state index contributed by atoms with van der Waals surface area (Å²) in [6.45, 7) is 12.0. The molecule has 0 aromatic heterocycles. The Kier molecular flexibility index (Phi) is 6.75. The van der Waals surface area contributed by atoms with Gasteiger partial charge in [0.15, 0.2) is 0 Å². The van der Waals surface area contributed by atoms with Crippen molar-refractivity contribution in [1.82, 2.24) is 15.5 Å². The highest BCUT2D eigenvalue weighted by atomic mass is 16.1. The molecule has 1 saturated heterocycles. The fourth-order valence-electron chi connectivity index (χ4n) is 3.05. The van der Waals surface area contributed by atoms with E-state index in [9.17, 15) is 4.79 Å². The van der Waals surface area contributed by atoms with Crippen LogP contribution in [-0.4, -0.2) is 55.6 Å². The van der Waals surface area contributed by atoms with E-state index in [1.807, 2.05) is 0 Å². The number of piperidine rings is 1.